The Bertz CT molecular complexity index is 911. The van der Waals surface area contributed by atoms with E-state index in [1.807, 2.05) is 13.8 Å². The first-order valence-electron chi connectivity index (χ1n) is 10.8. The van der Waals surface area contributed by atoms with Crippen LogP contribution in [0.3, 0.4) is 0 Å². The van der Waals surface area contributed by atoms with E-state index in [0.29, 0.717) is 12.2 Å². The number of benzene rings is 1. The number of carbonyl (C=O) groups excluding carboxylic acids is 1. The lowest BCUT2D eigenvalue weighted by Gasteiger charge is -2.31. The molecule has 2 rings (SSSR count). The number of aliphatic hydroxyl groups is 1. The zero-order chi connectivity index (χ0) is 24.4. The van der Waals surface area contributed by atoms with Gasteiger partial charge in [0.1, 0.15) is 12.4 Å². The fourth-order valence-corrected chi connectivity index (χ4v) is 4.66. The molecule has 10 heteroatoms. The maximum absolute atomic E-state index is 13.0. The highest BCUT2D eigenvalue weighted by Crippen LogP contribution is 2.29. The SMILES string of the molecule is C=CCOC(=O)C1=C[C@H](C(C)C)CC(OCCN(CCO)S(=O)(=O)c2ccc(OC)cc2)O1. The number of methoxy groups -OCH3 is 1. The molecule has 2 atom stereocenters. The molecule has 0 fully saturated rings. The molecule has 9 nitrogen and oxygen atoms in total. The molecule has 184 valence electrons. The predicted octanol–water partition coefficient (Wildman–Crippen LogP) is 2.33. The van der Waals surface area contributed by atoms with Crippen molar-refractivity contribution in [3.63, 3.8) is 0 Å². The van der Waals surface area contributed by atoms with Crippen molar-refractivity contribution in [3.8, 4) is 5.75 Å². The molecule has 1 aliphatic heterocycles. The highest BCUT2D eigenvalue weighted by molar-refractivity contribution is 7.89. The average Bonchev–Trinajstić information content (AvgIpc) is 2.81. The van der Waals surface area contributed by atoms with Crippen molar-refractivity contribution >= 4 is 16.0 Å². The minimum Gasteiger partial charge on any atom is -0.497 e. The lowest BCUT2D eigenvalue weighted by atomic mass is 9.90. The van der Waals surface area contributed by atoms with Gasteiger partial charge in [-0.3, -0.25) is 0 Å². The molecular weight excluding hydrogens is 450 g/mol. The predicted molar refractivity (Wildman–Crippen MR) is 122 cm³/mol. The summed E-state index contributed by atoms with van der Waals surface area (Å²) in [5, 5.41) is 9.38. The van der Waals surface area contributed by atoms with Gasteiger partial charge in [0.2, 0.25) is 22.1 Å². The van der Waals surface area contributed by atoms with Gasteiger partial charge in [-0.25, -0.2) is 13.2 Å². The van der Waals surface area contributed by atoms with Crippen LogP contribution in [0, 0.1) is 11.8 Å². The normalized spacial score (nSPS) is 18.5. The summed E-state index contributed by atoms with van der Waals surface area (Å²) in [6.07, 6.45) is 2.99. The Kier molecular flexibility index (Phi) is 10.4. The summed E-state index contributed by atoms with van der Waals surface area (Å²) in [5.41, 5.74) is 0. The molecule has 1 N–H and O–H groups in total. The molecule has 1 aromatic carbocycles. The number of carbonyl (C=O) groups is 1. The van der Waals surface area contributed by atoms with E-state index in [4.69, 9.17) is 18.9 Å². The molecule has 0 radical (unpaired) electrons. The fraction of sp³-hybridized carbons (Fsp3) is 0.522. The zero-order valence-electron chi connectivity index (χ0n) is 19.3. The number of hydrogen-bond acceptors (Lipinski definition) is 8. The van der Waals surface area contributed by atoms with Gasteiger partial charge in [-0.15, -0.1) is 0 Å². The van der Waals surface area contributed by atoms with Crippen LogP contribution in [-0.2, 0) is 29.0 Å². The number of allylic oxidation sites excluding steroid dienone is 1. The van der Waals surface area contributed by atoms with Gasteiger partial charge in [-0.1, -0.05) is 26.5 Å². The second-order valence-corrected chi connectivity index (χ2v) is 9.72. The Hall–Kier alpha value is -2.40. The number of ether oxygens (including phenoxy) is 4. The number of rotatable bonds is 13. The van der Waals surface area contributed by atoms with Crippen molar-refractivity contribution in [1.82, 2.24) is 4.31 Å². The molecule has 0 spiro atoms. The Labute approximate surface area is 195 Å². The van der Waals surface area contributed by atoms with Crippen LogP contribution in [0.1, 0.15) is 20.3 Å². The molecule has 1 heterocycles. The molecule has 0 saturated heterocycles. The van der Waals surface area contributed by atoms with Crippen LogP contribution in [0.25, 0.3) is 0 Å². The highest BCUT2D eigenvalue weighted by atomic mass is 32.2. The van der Waals surface area contributed by atoms with E-state index < -0.39 is 22.3 Å². The van der Waals surface area contributed by atoms with Crippen LogP contribution in [0.2, 0.25) is 0 Å². The summed E-state index contributed by atoms with van der Waals surface area (Å²) in [7, 11) is -2.35. The van der Waals surface area contributed by atoms with Crippen molar-refractivity contribution in [2.45, 2.75) is 31.5 Å². The second-order valence-electron chi connectivity index (χ2n) is 7.78. The van der Waals surface area contributed by atoms with Crippen molar-refractivity contribution < 1.29 is 37.3 Å². The summed E-state index contributed by atoms with van der Waals surface area (Å²) in [6, 6.07) is 6.01. The maximum Gasteiger partial charge on any atom is 0.373 e. The fourth-order valence-electron chi connectivity index (χ4n) is 3.25. The van der Waals surface area contributed by atoms with Crippen LogP contribution >= 0.6 is 0 Å². The smallest absolute Gasteiger partial charge is 0.373 e. The largest absolute Gasteiger partial charge is 0.497 e. The highest BCUT2D eigenvalue weighted by Gasteiger charge is 2.31. The van der Waals surface area contributed by atoms with Gasteiger partial charge < -0.3 is 24.1 Å². The van der Waals surface area contributed by atoms with Crippen LogP contribution in [0.4, 0.5) is 0 Å². The monoisotopic (exact) mass is 483 g/mol. The Morgan fingerprint density at radius 1 is 1.30 bits per heavy atom. The Balaban J connectivity index is 2.04. The van der Waals surface area contributed by atoms with Gasteiger partial charge in [0, 0.05) is 19.5 Å². The number of sulfonamides is 1. The molecule has 0 aromatic heterocycles. The van der Waals surface area contributed by atoms with E-state index in [2.05, 4.69) is 6.58 Å². The van der Waals surface area contributed by atoms with Crippen molar-refractivity contribution in [3.05, 3.63) is 48.8 Å². The van der Waals surface area contributed by atoms with Gasteiger partial charge in [0.05, 0.1) is 25.2 Å². The maximum atomic E-state index is 13.0. The summed E-state index contributed by atoms with van der Waals surface area (Å²) in [5.74, 6) is 0.286. The first-order chi connectivity index (χ1) is 15.7. The number of aliphatic hydroxyl groups excluding tert-OH is 1. The summed E-state index contributed by atoms with van der Waals surface area (Å²) in [6.45, 7) is 7.23. The van der Waals surface area contributed by atoms with Crippen LogP contribution in [0.5, 0.6) is 5.75 Å². The number of esters is 1. The third-order valence-electron chi connectivity index (χ3n) is 5.17. The Morgan fingerprint density at radius 3 is 2.58 bits per heavy atom. The minimum atomic E-state index is -3.85. The van der Waals surface area contributed by atoms with Crippen molar-refractivity contribution in [2.75, 3.05) is 40.0 Å². The van der Waals surface area contributed by atoms with E-state index in [1.165, 1.54) is 25.3 Å². The zero-order valence-corrected chi connectivity index (χ0v) is 20.1. The van der Waals surface area contributed by atoms with Crippen LogP contribution in [-0.4, -0.2) is 70.1 Å². The van der Waals surface area contributed by atoms with Crippen molar-refractivity contribution in [1.29, 1.82) is 0 Å². The third-order valence-corrected chi connectivity index (χ3v) is 7.08. The van der Waals surface area contributed by atoms with Gasteiger partial charge >= 0.3 is 5.97 Å². The van der Waals surface area contributed by atoms with Crippen LogP contribution < -0.4 is 4.74 Å². The first kappa shape index (κ1) is 26.8. The molecule has 0 aliphatic carbocycles. The molecule has 1 aliphatic rings. The van der Waals surface area contributed by atoms with E-state index in [9.17, 15) is 18.3 Å². The van der Waals surface area contributed by atoms with E-state index >= 15 is 0 Å². The number of nitrogens with zero attached hydrogens (tertiary/aromatic N) is 1. The Morgan fingerprint density at radius 2 is 2.00 bits per heavy atom. The van der Waals surface area contributed by atoms with E-state index in [0.717, 1.165) is 4.31 Å². The molecule has 33 heavy (non-hydrogen) atoms. The summed E-state index contributed by atoms with van der Waals surface area (Å²) < 4.78 is 48.7. The molecule has 0 bridgehead atoms. The molecule has 1 unspecified atom stereocenters. The minimum absolute atomic E-state index is 0.00108. The van der Waals surface area contributed by atoms with E-state index in [1.54, 1.807) is 18.2 Å². The lowest BCUT2D eigenvalue weighted by molar-refractivity contribution is -0.163. The quantitative estimate of drug-likeness (QED) is 0.336. The van der Waals surface area contributed by atoms with Gasteiger partial charge in [-0.05, 0) is 42.2 Å². The number of hydrogen-bond donors (Lipinski definition) is 1. The molecule has 0 amide bonds. The molecule has 0 saturated carbocycles. The summed E-state index contributed by atoms with van der Waals surface area (Å²) in [4.78, 5) is 12.3. The average molecular weight is 484 g/mol. The van der Waals surface area contributed by atoms with Gasteiger partial charge in [0.15, 0.2) is 0 Å². The van der Waals surface area contributed by atoms with E-state index in [-0.39, 0.29) is 55.4 Å². The molecule has 1 aromatic rings. The lowest BCUT2D eigenvalue weighted by Crippen LogP contribution is -2.38. The van der Waals surface area contributed by atoms with Gasteiger partial charge in [-0.2, -0.15) is 4.31 Å². The third kappa shape index (κ3) is 7.56. The van der Waals surface area contributed by atoms with Crippen LogP contribution in [0.15, 0.2) is 53.7 Å². The first-order valence-corrected chi connectivity index (χ1v) is 12.2. The topological polar surface area (TPSA) is 112 Å². The molecular formula is C23H33NO8S. The summed E-state index contributed by atoms with van der Waals surface area (Å²) >= 11 is 0. The van der Waals surface area contributed by atoms with Gasteiger partial charge in [0.25, 0.3) is 0 Å². The van der Waals surface area contributed by atoms with Crippen molar-refractivity contribution in [2.24, 2.45) is 11.8 Å². The second kappa shape index (κ2) is 12.7. The standard InChI is InChI=1S/C23H33NO8S/c1-5-13-31-23(26)21-15-18(17(2)3)16-22(32-21)30-14-11-24(10-12-25)33(27,28)20-8-6-19(29-4)7-9-20/h5-9,15,17-18,22,25H,1,10-14,16H2,2-4H3/t18-,22?/m0/s1.